The summed E-state index contributed by atoms with van der Waals surface area (Å²) in [5.74, 6) is -0.294. The first kappa shape index (κ1) is 17.7. The molecule has 1 saturated carbocycles. The first-order chi connectivity index (χ1) is 12.1. The van der Waals surface area contributed by atoms with Crippen molar-refractivity contribution in [2.24, 2.45) is 5.41 Å². The van der Waals surface area contributed by atoms with Gasteiger partial charge in [0.2, 0.25) is 11.8 Å². The predicted molar refractivity (Wildman–Crippen MR) is 100 cm³/mol. The van der Waals surface area contributed by atoms with Crippen molar-refractivity contribution in [1.82, 2.24) is 5.32 Å². The van der Waals surface area contributed by atoms with E-state index in [1.807, 2.05) is 24.3 Å². The normalized spacial score (nSPS) is 18.2. The molecule has 25 heavy (non-hydrogen) atoms. The van der Waals surface area contributed by atoms with Crippen LogP contribution in [0.3, 0.4) is 0 Å². The van der Waals surface area contributed by atoms with E-state index in [-0.39, 0.29) is 11.8 Å². The van der Waals surface area contributed by atoms with Crippen LogP contribution in [-0.2, 0) is 16.0 Å². The van der Waals surface area contributed by atoms with Gasteiger partial charge in [0.15, 0.2) is 0 Å². The maximum Gasteiger partial charge on any atom is 0.240 e. The van der Waals surface area contributed by atoms with Crippen LogP contribution in [0, 0.1) is 5.41 Å². The van der Waals surface area contributed by atoms with Crippen LogP contribution < -0.4 is 10.6 Å². The van der Waals surface area contributed by atoms with Crippen molar-refractivity contribution >= 4 is 17.5 Å². The number of benzene rings is 1. The number of amides is 2. The van der Waals surface area contributed by atoms with Crippen molar-refractivity contribution < 1.29 is 9.59 Å². The van der Waals surface area contributed by atoms with Gasteiger partial charge in [-0.3, -0.25) is 9.59 Å². The average Bonchev–Trinajstić information content (AvgIpc) is 3.45. The molecular formula is C21H28N2O2. The second-order valence-corrected chi connectivity index (χ2v) is 7.20. The molecule has 0 spiro atoms. The van der Waals surface area contributed by atoms with Crippen LogP contribution in [0.4, 0.5) is 5.69 Å². The third kappa shape index (κ3) is 4.30. The molecule has 4 heteroatoms. The van der Waals surface area contributed by atoms with E-state index in [0.29, 0.717) is 19.4 Å². The number of rotatable bonds is 7. The van der Waals surface area contributed by atoms with Gasteiger partial charge in [-0.05, 0) is 69.1 Å². The molecule has 0 radical (unpaired) electrons. The van der Waals surface area contributed by atoms with Gasteiger partial charge in [-0.1, -0.05) is 30.7 Å². The minimum atomic E-state index is -0.857. The zero-order chi connectivity index (χ0) is 17.7. The zero-order valence-electron chi connectivity index (χ0n) is 15.1. The molecule has 1 aromatic carbocycles. The van der Waals surface area contributed by atoms with Crippen molar-refractivity contribution in [3.8, 4) is 0 Å². The van der Waals surface area contributed by atoms with E-state index in [2.05, 4.69) is 23.6 Å². The highest BCUT2D eigenvalue weighted by Crippen LogP contribution is 2.46. The van der Waals surface area contributed by atoms with Gasteiger partial charge in [-0.25, -0.2) is 0 Å². The highest BCUT2D eigenvalue weighted by Gasteiger charge is 2.56. The van der Waals surface area contributed by atoms with Crippen molar-refractivity contribution in [2.75, 3.05) is 11.9 Å². The van der Waals surface area contributed by atoms with Gasteiger partial charge in [0.05, 0.1) is 0 Å². The van der Waals surface area contributed by atoms with Crippen LogP contribution in [0.15, 0.2) is 35.9 Å². The largest absolute Gasteiger partial charge is 0.355 e. The van der Waals surface area contributed by atoms with E-state index >= 15 is 0 Å². The standard InChI is InChI=1S/C21H28N2O2/c1-2-16-8-10-18(11-9-16)23-20(25)21(13-14-21)19(24)22-15-12-17-6-4-3-5-7-17/h6,8-11H,2-5,7,12-15H2,1H3,(H,22,24)(H,23,25). The van der Waals surface area contributed by atoms with E-state index in [0.717, 1.165) is 31.4 Å². The molecule has 4 nitrogen and oxygen atoms in total. The van der Waals surface area contributed by atoms with Crippen LogP contribution in [-0.4, -0.2) is 18.4 Å². The molecule has 0 unspecified atom stereocenters. The molecule has 0 atom stereocenters. The van der Waals surface area contributed by atoms with E-state index in [1.54, 1.807) is 0 Å². The summed E-state index contributed by atoms with van der Waals surface area (Å²) in [5.41, 5.74) is 2.57. The minimum Gasteiger partial charge on any atom is -0.355 e. The maximum atomic E-state index is 12.6. The second-order valence-electron chi connectivity index (χ2n) is 7.20. The highest BCUT2D eigenvalue weighted by molar-refractivity contribution is 6.13. The van der Waals surface area contributed by atoms with Gasteiger partial charge in [0, 0.05) is 12.2 Å². The molecule has 0 heterocycles. The Hall–Kier alpha value is -2.10. The van der Waals surface area contributed by atoms with Crippen molar-refractivity contribution in [3.63, 3.8) is 0 Å². The van der Waals surface area contributed by atoms with Crippen LogP contribution in [0.5, 0.6) is 0 Å². The Morgan fingerprint density at radius 3 is 2.44 bits per heavy atom. The Balaban J connectivity index is 1.50. The van der Waals surface area contributed by atoms with Crippen molar-refractivity contribution in [3.05, 3.63) is 41.5 Å². The molecular weight excluding hydrogens is 312 g/mol. The van der Waals surface area contributed by atoms with E-state index < -0.39 is 5.41 Å². The summed E-state index contributed by atoms with van der Waals surface area (Å²) in [7, 11) is 0. The summed E-state index contributed by atoms with van der Waals surface area (Å²) in [6.45, 7) is 2.73. The SMILES string of the molecule is CCc1ccc(NC(=O)C2(C(=O)NCCC3=CCCCC3)CC2)cc1. The number of carbonyl (C=O) groups excluding carboxylic acids is 2. The number of anilines is 1. The fourth-order valence-electron chi connectivity index (χ4n) is 3.39. The maximum absolute atomic E-state index is 12.6. The van der Waals surface area contributed by atoms with Crippen LogP contribution in [0.1, 0.15) is 57.4 Å². The lowest BCUT2D eigenvalue weighted by Gasteiger charge is -2.17. The predicted octanol–water partition coefficient (Wildman–Crippen LogP) is 3.97. The van der Waals surface area contributed by atoms with Gasteiger partial charge in [0.1, 0.15) is 5.41 Å². The van der Waals surface area contributed by atoms with Crippen LogP contribution >= 0.6 is 0 Å². The first-order valence-corrected chi connectivity index (χ1v) is 9.50. The summed E-state index contributed by atoms with van der Waals surface area (Å²) in [4.78, 5) is 25.1. The Morgan fingerprint density at radius 1 is 1.08 bits per heavy atom. The van der Waals surface area contributed by atoms with Gasteiger partial charge in [0.25, 0.3) is 0 Å². The molecule has 2 aliphatic rings. The third-order valence-electron chi connectivity index (χ3n) is 5.36. The molecule has 1 aromatic rings. The Labute approximate surface area is 150 Å². The summed E-state index contributed by atoms with van der Waals surface area (Å²) >= 11 is 0. The summed E-state index contributed by atoms with van der Waals surface area (Å²) in [6, 6.07) is 7.82. The fraction of sp³-hybridized carbons (Fsp3) is 0.524. The fourth-order valence-corrected chi connectivity index (χ4v) is 3.39. The number of carbonyl (C=O) groups is 2. The van der Waals surface area contributed by atoms with E-state index in [9.17, 15) is 9.59 Å². The lowest BCUT2D eigenvalue weighted by molar-refractivity contribution is -0.134. The number of nitrogens with one attached hydrogen (secondary N) is 2. The van der Waals surface area contributed by atoms with Gasteiger partial charge in [-0.15, -0.1) is 0 Å². The summed E-state index contributed by atoms with van der Waals surface area (Å²) < 4.78 is 0. The number of hydrogen-bond acceptors (Lipinski definition) is 2. The Morgan fingerprint density at radius 2 is 1.84 bits per heavy atom. The molecule has 2 aliphatic carbocycles. The van der Waals surface area contributed by atoms with E-state index in [4.69, 9.17) is 0 Å². The van der Waals surface area contributed by atoms with Crippen LogP contribution in [0.2, 0.25) is 0 Å². The molecule has 1 fully saturated rings. The molecule has 0 bridgehead atoms. The molecule has 0 aliphatic heterocycles. The Bertz CT molecular complexity index is 657. The molecule has 134 valence electrons. The Kier molecular flexibility index (Phi) is 5.57. The molecule has 2 amide bonds. The second kappa shape index (κ2) is 7.85. The molecule has 2 N–H and O–H groups in total. The lowest BCUT2D eigenvalue weighted by Crippen LogP contribution is -2.40. The summed E-state index contributed by atoms with van der Waals surface area (Å²) in [5, 5.41) is 5.88. The lowest BCUT2D eigenvalue weighted by atomic mass is 9.97. The van der Waals surface area contributed by atoms with Gasteiger partial charge in [-0.2, -0.15) is 0 Å². The highest BCUT2D eigenvalue weighted by atomic mass is 16.2. The topological polar surface area (TPSA) is 58.2 Å². The molecule has 0 aromatic heterocycles. The third-order valence-corrected chi connectivity index (χ3v) is 5.36. The van der Waals surface area contributed by atoms with E-state index in [1.165, 1.54) is 24.0 Å². The average molecular weight is 340 g/mol. The summed E-state index contributed by atoms with van der Waals surface area (Å²) in [6.07, 6.45) is 10.3. The first-order valence-electron chi connectivity index (χ1n) is 9.50. The van der Waals surface area contributed by atoms with Gasteiger partial charge >= 0.3 is 0 Å². The van der Waals surface area contributed by atoms with Gasteiger partial charge < -0.3 is 10.6 Å². The smallest absolute Gasteiger partial charge is 0.240 e. The molecule has 3 rings (SSSR count). The minimum absolute atomic E-state index is 0.119. The molecule has 0 saturated heterocycles. The number of aryl methyl sites for hydroxylation is 1. The monoisotopic (exact) mass is 340 g/mol. The number of allylic oxidation sites excluding steroid dienone is 1. The zero-order valence-corrected chi connectivity index (χ0v) is 15.1. The van der Waals surface area contributed by atoms with Crippen molar-refractivity contribution in [1.29, 1.82) is 0 Å². The van der Waals surface area contributed by atoms with Crippen LogP contribution in [0.25, 0.3) is 0 Å². The van der Waals surface area contributed by atoms with Crippen molar-refractivity contribution in [2.45, 2.75) is 58.3 Å². The quantitative estimate of drug-likeness (QED) is 0.583. The number of hydrogen-bond donors (Lipinski definition) is 2.